The second kappa shape index (κ2) is 8.20. The van der Waals surface area contributed by atoms with Gasteiger partial charge in [0.15, 0.2) is 0 Å². The minimum atomic E-state index is -0.523. The molecule has 1 aliphatic carbocycles. The first-order valence-corrected chi connectivity index (χ1v) is 8.69. The van der Waals surface area contributed by atoms with E-state index in [1.54, 1.807) is 6.07 Å². The maximum Gasteiger partial charge on any atom is 0.251 e. The number of nitrogens with one attached hydrogen (secondary N) is 1. The van der Waals surface area contributed by atoms with Crippen molar-refractivity contribution < 1.29 is 13.9 Å². The number of carbonyl (C=O) groups excluding carboxylic acids is 1. The summed E-state index contributed by atoms with van der Waals surface area (Å²) in [5.41, 5.74) is 0.524. The van der Waals surface area contributed by atoms with Crippen LogP contribution in [0.25, 0.3) is 5.69 Å². The quantitative estimate of drug-likeness (QED) is 0.817. The summed E-state index contributed by atoms with van der Waals surface area (Å²) in [7, 11) is 0. The zero-order valence-electron chi connectivity index (χ0n) is 14.3. The number of hydrogen-bond acceptors (Lipinski definition) is 4. The van der Waals surface area contributed by atoms with Gasteiger partial charge in [-0.05, 0) is 37.0 Å². The fourth-order valence-electron chi connectivity index (χ4n) is 3.17. The van der Waals surface area contributed by atoms with Crippen LogP contribution in [-0.2, 0) is 4.74 Å². The third-order valence-electron chi connectivity index (χ3n) is 4.63. The molecule has 1 saturated carbocycles. The second-order valence-electron chi connectivity index (χ2n) is 6.43. The SMILES string of the molecule is C[C@@H]1CCCC[C@@H]1OCCNC(=O)c1ccc(-n2cncn2)c(F)c1. The summed E-state index contributed by atoms with van der Waals surface area (Å²) < 4.78 is 21.3. The van der Waals surface area contributed by atoms with Gasteiger partial charge in [-0.1, -0.05) is 19.8 Å². The molecule has 3 rings (SSSR count). The van der Waals surface area contributed by atoms with Crippen molar-refractivity contribution in [3.8, 4) is 5.69 Å². The first kappa shape index (κ1) is 17.5. The van der Waals surface area contributed by atoms with Crippen LogP contribution in [0.5, 0.6) is 0 Å². The van der Waals surface area contributed by atoms with Gasteiger partial charge in [0.2, 0.25) is 0 Å². The van der Waals surface area contributed by atoms with Crippen molar-refractivity contribution in [2.45, 2.75) is 38.7 Å². The Morgan fingerprint density at radius 3 is 2.96 bits per heavy atom. The van der Waals surface area contributed by atoms with Gasteiger partial charge in [0, 0.05) is 12.1 Å². The number of benzene rings is 1. The lowest BCUT2D eigenvalue weighted by atomic mass is 9.88. The Labute approximate surface area is 146 Å². The molecule has 1 aromatic carbocycles. The molecule has 1 amide bonds. The van der Waals surface area contributed by atoms with Crippen LogP contribution in [0.2, 0.25) is 0 Å². The molecule has 1 N–H and O–H groups in total. The Morgan fingerprint density at radius 2 is 2.24 bits per heavy atom. The number of rotatable bonds is 6. The number of halogens is 1. The van der Waals surface area contributed by atoms with Gasteiger partial charge in [0.1, 0.15) is 24.2 Å². The Hall–Kier alpha value is -2.28. The van der Waals surface area contributed by atoms with Crippen molar-refractivity contribution in [1.82, 2.24) is 20.1 Å². The maximum atomic E-state index is 14.2. The van der Waals surface area contributed by atoms with E-state index in [2.05, 4.69) is 22.3 Å². The number of amides is 1. The molecule has 2 atom stereocenters. The lowest BCUT2D eigenvalue weighted by molar-refractivity contribution is -0.00293. The number of hydrogen-bond donors (Lipinski definition) is 1. The van der Waals surface area contributed by atoms with Gasteiger partial charge < -0.3 is 10.1 Å². The Kier molecular flexibility index (Phi) is 5.75. The van der Waals surface area contributed by atoms with Crippen LogP contribution in [0, 0.1) is 11.7 Å². The molecule has 1 heterocycles. The summed E-state index contributed by atoms with van der Waals surface area (Å²) in [6.45, 7) is 3.09. The molecule has 0 saturated heterocycles. The van der Waals surface area contributed by atoms with Crippen LogP contribution in [0.1, 0.15) is 43.0 Å². The fraction of sp³-hybridized carbons (Fsp3) is 0.500. The van der Waals surface area contributed by atoms with E-state index in [4.69, 9.17) is 4.74 Å². The Balaban J connectivity index is 1.49. The third-order valence-corrected chi connectivity index (χ3v) is 4.63. The summed E-state index contributed by atoms with van der Waals surface area (Å²) in [5.74, 6) is -0.266. The molecular weight excluding hydrogens is 323 g/mol. The van der Waals surface area contributed by atoms with Crippen LogP contribution >= 0.6 is 0 Å². The number of nitrogens with zero attached hydrogens (tertiary/aromatic N) is 3. The summed E-state index contributed by atoms with van der Waals surface area (Å²) in [4.78, 5) is 15.9. The predicted octanol–water partition coefficient (Wildman–Crippen LogP) is 2.73. The van der Waals surface area contributed by atoms with E-state index in [0.717, 1.165) is 6.42 Å². The van der Waals surface area contributed by atoms with Crippen molar-refractivity contribution in [3.63, 3.8) is 0 Å². The molecule has 0 bridgehead atoms. The lowest BCUT2D eigenvalue weighted by Gasteiger charge is -2.28. The zero-order valence-corrected chi connectivity index (χ0v) is 14.3. The average Bonchev–Trinajstić information content (AvgIpc) is 3.14. The van der Waals surface area contributed by atoms with E-state index in [1.807, 2.05) is 0 Å². The molecule has 1 fully saturated rings. The molecule has 7 heteroatoms. The van der Waals surface area contributed by atoms with E-state index in [-0.39, 0.29) is 23.3 Å². The summed E-state index contributed by atoms with van der Waals surface area (Å²) >= 11 is 0. The topological polar surface area (TPSA) is 69.0 Å². The molecule has 25 heavy (non-hydrogen) atoms. The standard InChI is InChI=1S/C18H23FN4O2/c1-13-4-2-3-5-17(13)25-9-8-21-18(24)14-6-7-16(15(19)10-14)23-12-20-11-22-23/h6-7,10-13,17H,2-5,8-9H2,1H3,(H,21,24)/t13-,17+/m1/s1. The largest absolute Gasteiger partial charge is 0.376 e. The average molecular weight is 346 g/mol. The van der Waals surface area contributed by atoms with E-state index in [1.165, 1.54) is 48.7 Å². The van der Waals surface area contributed by atoms with Crippen LogP contribution in [0.4, 0.5) is 4.39 Å². The normalized spacial score (nSPS) is 20.4. The molecule has 1 aliphatic rings. The van der Waals surface area contributed by atoms with Gasteiger partial charge in [-0.2, -0.15) is 5.10 Å². The molecular formula is C18H23FN4O2. The summed E-state index contributed by atoms with van der Waals surface area (Å²) in [6, 6.07) is 4.29. The molecule has 2 aromatic rings. The number of aromatic nitrogens is 3. The van der Waals surface area contributed by atoms with Crippen molar-refractivity contribution in [3.05, 3.63) is 42.2 Å². The minimum absolute atomic E-state index is 0.253. The highest BCUT2D eigenvalue weighted by Crippen LogP contribution is 2.26. The van der Waals surface area contributed by atoms with Crippen LogP contribution in [0.15, 0.2) is 30.9 Å². The van der Waals surface area contributed by atoms with Gasteiger partial charge >= 0.3 is 0 Å². The Bertz CT molecular complexity index is 705. The molecule has 1 aromatic heterocycles. The third kappa shape index (κ3) is 4.42. The fourth-order valence-corrected chi connectivity index (χ4v) is 3.17. The Morgan fingerprint density at radius 1 is 1.40 bits per heavy atom. The van der Waals surface area contributed by atoms with Crippen LogP contribution in [0.3, 0.4) is 0 Å². The van der Waals surface area contributed by atoms with Gasteiger partial charge in [0.25, 0.3) is 5.91 Å². The molecule has 0 aliphatic heterocycles. The maximum absolute atomic E-state index is 14.2. The molecule has 6 nitrogen and oxygen atoms in total. The van der Waals surface area contributed by atoms with Crippen molar-refractivity contribution in [2.75, 3.05) is 13.2 Å². The molecule has 0 unspecified atom stereocenters. The monoisotopic (exact) mass is 346 g/mol. The second-order valence-corrected chi connectivity index (χ2v) is 6.43. The van der Waals surface area contributed by atoms with Gasteiger partial charge in [-0.3, -0.25) is 4.79 Å². The smallest absolute Gasteiger partial charge is 0.251 e. The van der Waals surface area contributed by atoms with Crippen molar-refractivity contribution in [1.29, 1.82) is 0 Å². The molecule has 134 valence electrons. The van der Waals surface area contributed by atoms with Crippen LogP contribution < -0.4 is 5.32 Å². The van der Waals surface area contributed by atoms with Gasteiger partial charge in [-0.15, -0.1) is 0 Å². The van der Waals surface area contributed by atoms with Crippen LogP contribution in [-0.4, -0.2) is 39.9 Å². The zero-order chi connectivity index (χ0) is 17.6. The predicted molar refractivity (Wildman–Crippen MR) is 91.0 cm³/mol. The van der Waals surface area contributed by atoms with Gasteiger partial charge in [-0.25, -0.2) is 14.1 Å². The van der Waals surface area contributed by atoms with Gasteiger partial charge in [0.05, 0.1) is 12.7 Å². The molecule has 0 radical (unpaired) electrons. The van der Waals surface area contributed by atoms with Crippen molar-refractivity contribution in [2.24, 2.45) is 5.92 Å². The number of carbonyl (C=O) groups is 1. The van der Waals surface area contributed by atoms with E-state index < -0.39 is 5.82 Å². The number of ether oxygens (including phenoxy) is 1. The highest BCUT2D eigenvalue weighted by Gasteiger charge is 2.21. The minimum Gasteiger partial charge on any atom is -0.376 e. The lowest BCUT2D eigenvalue weighted by Crippen LogP contribution is -2.31. The first-order valence-electron chi connectivity index (χ1n) is 8.69. The van der Waals surface area contributed by atoms with E-state index in [0.29, 0.717) is 19.1 Å². The molecule has 0 spiro atoms. The van der Waals surface area contributed by atoms with E-state index >= 15 is 0 Å². The van der Waals surface area contributed by atoms with Crippen molar-refractivity contribution >= 4 is 5.91 Å². The summed E-state index contributed by atoms with van der Waals surface area (Å²) in [6.07, 6.45) is 7.78. The summed E-state index contributed by atoms with van der Waals surface area (Å²) in [5, 5.41) is 6.65. The highest BCUT2D eigenvalue weighted by molar-refractivity contribution is 5.94. The highest BCUT2D eigenvalue weighted by atomic mass is 19.1. The first-order chi connectivity index (χ1) is 12.1. The van der Waals surface area contributed by atoms with E-state index in [9.17, 15) is 9.18 Å².